The van der Waals surface area contributed by atoms with Crippen LogP contribution in [0.2, 0.25) is 0 Å². The Balaban J connectivity index is 1.60. The molecule has 1 heterocycles. The minimum atomic E-state index is -0.826. The molecule has 0 saturated heterocycles. The van der Waals surface area contributed by atoms with E-state index in [1.807, 2.05) is 55.7 Å². The van der Waals surface area contributed by atoms with Gasteiger partial charge in [-0.15, -0.1) is 0 Å². The number of aromatic nitrogens is 1. The molecule has 1 aromatic heterocycles. The average molecular weight is 431 g/mol. The summed E-state index contributed by atoms with van der Waals surface area (Å²) in [5, 5.41) is 10.2. The van der Waals surface area contributed by atoms with Crippen molar-refractivity contribution in [2.75, 3.05) is 26.2 Å². The van der Waals surface area contributed by atoms with Gasteiger partial charge in [0, 0.05) is 42.4 Å². The number of rotatable bonds is 8. The zero-order chi connectivity index (χ0) is 22.7. The molecule has 6 heteroatoms. The number of nitrogens with zero attached hydrogens (tertiary/aromatic N) is 2. The fourth-order valence-corrected chi connectivity index (χ4v) is 3.98. The molecule has 6 nitrogen and oxygen atoms in total. The molecule has 0 aliphatic carbocycles. The van der Waals surface area contributed by atoms with Gasteiger partial charge in [-0.25, -0.2) is 0 Å². The van der Waals surface area contributed by atoms with Gasteiger partial charge in [-0.1, -0.05) is 30.3 Å². The first kappa shape index (κ1) is 21.3. The number of hydrogen-bond donors (Lipinski definition) is 1. The summed E-state index contributed by atoms with van der Waals surface area (Å²) in [6.07, 6.45) is 1.96. The minimum Gasteiger partial charge on any atom is -0.497 e. The molecule has 0 radical (unpaired) electrons. The minimum absolute atomic E-state index is 0.0135. The highest BCUT2D eigenvalue weighted by Crippen LogP contribution is 2.35. The number of carboxylic acids is 1. The standard InChI is InChI=1S/C26H26N2O4/c1-27(24-15-21(31-2)12-13-25(24)32-3)20-10-8-18(9-11-20)16-28-17-19(14-26(29)30)22-6-4-5-7-23(22)28/h4-13,15,17H,14,16H2,1-3H3,(H,29,30). The molecule has 1 N–H and O–H groups in total. The second kappa shape index (κ2) is 9.06. The van der Waals surface area contributed by atoms with Crippen LogP contribution < -0.4 is 14.4 Å². The lowest BCUT2D eigenvalue weighted by Crippen LogP contribution is -2.11. The van der Waals surface area contributed by atoms with E-state index < -0.39 is 5.97 Å². The van der Waals surface area contributed by atoms with E-state index in [1.54, 1.807) is 14.2 Å². The first-order valence-corrected chi connectivity index (χ1v) is 10.3. The van der Waals surface area contributed by atoms with E-state index in [2.05, 4.69) is 33.7 Å². The van der Waals surface area contributed by atoms with Crippen LogP contribution in [0, 0.1) is 0 Å². The van der Waals surface area contributed by atoms with Gasteiger partial charge in [-0.2, -0.15) is 0 Å². The van der Waals surface area contributed by atoms with Crippen LogP contribution in [0.4, 0.5) is 11.4 Å². The van der Waals surface area contributed by atoms with Crippen LogP contribution >= 0.6 is 0 Å². The molecule has 0 atom stereocenters. The summed E-state index contributed by atoms with van der Waals surface area (Å²) in [4.78, 5) is 13.3. The van der Waals surface area contributed by atoms with E-state index in [0.717, 1.165) is 44.9 Å². The van der Waals surface area contributed by atoms with Crippen molar-refractivity contribution in [2.24, 2.45) is 0 Å². The van der Waals surface area contributed by atoms with Crippen molar-refractivity contribution in [1.29, 1.82) is 0 Å². The summed E-state index contributed by atoms with van der Waals surface area (Å²) in [7, 11) is 5.29. The number of carbonyl (C=O) groups is 1. The summed E-state index contributed by atoms with van der Waals surface area (Å²) < 4.78 is 13.0. The SMILES string of the molecule is COc1ccc(OC)c(N(C)c2ccc(Cn3cc(CC(=O)O)c4ccccc43)cc2)c1. The van der Waals surface area contributed by atoms with E-state index >= 15 is 0 Å². The van der Waals surface area contributed by atoms with Crippen molar-refractivity contribution in [3.63, 3.8) is 0 Å². The lowest BCUT2D eigenvalue weighted by molar-refractivity contribution is -0.136. The van der Waals surface area contributed by atoms with Crippen molar-refractivity contribution < 1.29 is 19.4 Å². The number of aliphatic carboxylic acids is 1. The predicted octanol–water partition coefficient (Wildman–Crippen LogP) is 5.10. The molecule has 0 fully saturated rings. The molecule has 0 aliphatic rings. The Morgan fingerprint density at radius 3 is 2.44 bits per heavy atom. The number of fused-ring (bicyclic) bond motifs is 1. The lowest BCUT2D eigenvalue weighted by Gasteiger charge is -2.23. The Kier molecular flexibility index (Phi) is 6.03. The summed E-state index contributed by atoms with van der Waals surface area (Å²) in [5.74, 6) is 0.705. The maximum absolute atomic E-state index is 11.3. The molecule has 0 saturated carbocycles. The van der Waals surface area contributed by atoms with Crippen molar-refractivity contribution >= 4 is 28.2 Å². The molecule has 0 bridgehead atoms. The van der Waals surface area contributed by atoms with Crippen LogP contribution in [0.3, 0.4) is 0 Å². The van der Waals surface area contributed by atoms with Crippen LogP contribution in [0.25, 0.3) is 10.9 Å². The predicted molar refractivity (Wildman–Crippen MR) is 126 cm³/mol. The number of carboxylic acid groups (broad SMARTS) is 1. The fraction of sp³-hybridized carbons (Fsp3) is 0.192. The molecule has 3 aromatic carbocycles. The third kappa shape index (κ3) is 4.25. The molecule has 0 aliphatic heterocycles. The van der Waals surface area contributed by atoms with Gasteiger partial charge in [0.2, 0.25) is 0 Å². The number of para-hydroxylation sites is 1. The molecule has 4 aromatic rings. The van der Waals surface area contributed by atoms with Crippen molar-refractivity contribution in [3.8, 4) is 11.5 Å². The maximum atomic E-state index is 11.3. The van der Waals surface area contributed by atoms with Crippen molar-refractivity contribution in [2.45, 2.75) is 13.0 Å². The van der Waals surface area contributed by atoms with Gasteiger partial charge in [0.05, 0.1) is 26.3 Å². The van der Waals surface area contributed by atoms with Gasteiger partial charge in [-0.05, 0) is 41.5 Å². The Labute approximate surface area is 187 Å². The Morgan fingerprint density at radius 1 is 1.00 bits per heavy atom. The number of anilines is 2. The number of hydrogen-bond acceptors (Lipinski definition) is 4. The zero-order valence-corrected chi connectivity index (χ0v) is 18.4. The summed E-state index contributed by atoms with van der Waals surface area (Å²) in [5.41, 5.74) is 4.92. The Bertz CT molecular complexity index is 1240. The van der Waals surface area contributed by atoms with Crippen LogP contribution in [-0.2, 0) is 17.8 Å². The largest absolute Gasteiger partial charge is 0.497 e. The second-order valence-electron chi connectivity index (χ2n) is 7.63. The highest BCUT2D eigenvalue weighted by atomic mass is 16.5. The van der Waals surface area contributed by atoms with Crippen LogP contribution in [-0.4, -0.2) is 36.9 Å². The highest BCUT2D eigenvalue weighted by molar-refractivity contribution is 5.87. The molecular formula is C26H26N2O4. The van der Waals surface area contributed by atoms with E-state index in [1.165, 1.54) is 0 Å². The smallest absolute Gasteiger partial charge is 0.307 e. The third-order valence-corrected chi connectivity index (χ3v) is 5.64. The van der Waals surface area contributed by atoms with Crippen LogP contribution in [0.15, 0.2) is 72.9 Å². The molecule has 164 valence electrons. The Morgan fingerprint density at radius 2 is 1.75 bits per heavy atom. The van der Waals surface area contributed by atoms with Crippen molar-refractivity contribution in [3.05, 3.63) is 84.1 Å². The van der Waals surface area contributed by atoms with E-state index in [4.69, 9.17) is 9.47 Å². The molecule has 32 heavy (non-hydrogen) atoms. The molecule has 0 unspecified atom stereocenters. The highest BCUT2D eigenvalue weighted by Gasteiger charge is 2.13. The maximum Gasteiger partial charge on any atom is 0.307 e. The molecule has 0 spiro atoms. The van der Waals surface area contributed by atoms with E-state index in [0.29, 0.717) is 6.54 Å². The molecule has 4 rings (SSSR count). The van der Waals surface area contributed by atoms with Gasteiger partial charge >= 0.3 is 5.97 Å². The van der Waals surface area contributed by atoms with Gasteiger partial charge in [-0.3, -0.25) is 4.79 Å². The first-order chi connectivity index (χ1) is 15.5. The van der Waals surface area contributed by atoms with Gasteiger partial charge in [0.1, 0.15) is 11.5 Å². The lowest BCUT2D eigenvalue weighted by atomic mass is 10.1. The monoisotopic (exact) mass is 430 g/mol. The van der Waals surface area contributed by atoms with E-state index in [9.17, 15) is 9.90 Å². The Hall–Kier alpha value is -3.93. The summed E-state index contributed by atoms with van der Waals surface area (Å²) >= 11 is 0. The van der Waals surface area contributed by atoms with Gasteiger partial charge in [0.25, 0.3) is 0 Å². The normalized spacial score (nSPS) is 10.8. The third-order valence-electron chi connectivity index (χ3n) is 5.64. The second-order valence-corrected chi connectivity index (χ2v) is 7.63. The number of ether oxygens (including phenoxy) is 2. The quantitative estimate of drug-likeness (QED) is 0.421. The molecule has 0 amide bonds. The van der Waals surface area contributed by atoms with Crippen LogP contribution in [0.5, 0.6) is 11.5 Å². The number of benzene rings is 3. The van der Waals surface area contributed by atoms with E-state index in [-0.39, 0.29) is 6.42 Å². The van der Waals surface area contributed by atoms with Gasteiger partial charge in [0.15, 0.2) is 0 Å². The molecular weight excluding hydrogens is 404 g/mol. The van der Waals surface area contributed by atoms with Gasteiger partial charge < -0.3 is 24.0 Å². The first-order valence-electron chi connectivity index (χ1n) is 10.3. The average Bonchev–Trinajstić information content (AvgIpc) is 3.15. The summed E-state index contributed by atoms with van der Waals surface area (Å²) in [6, 6.07) is 21.9. The topological polar surface area (TPSA) is 63.9 Å². The summed E-state index contributed by atoms with van der Waals surface area (Å²) in [6.45, 7) is 0.659. The fourth-order valence-electron chi connectivity index (χ4n) is 3.98. The van der Waals surface area contributed by atoms with Crippen LogP contribution in [0.1, 0.15) is 11.1 Å². The van der Waals surface area contributed by atoms with Crippen molar-refractivity contribution in [1.82, 2.24) is 4.57 Å². The number of methoxy groups -OCH3 is 2. The zero-order valence-electron chi connectivity index (χ0n) is 18.4.